The Morgan fingerprint density at radius 2 is 1.66 bits per heavy atom. The van der Waals surface area contributed by atoms with Crippen LogP contribution in [0.25, 0.3) is 0 Å². The van der Waals surface area contributed by atoms with Gasteiger partial charge in [-0.15, -0.1) is 0 Å². The summed E-state index contributed by atoms with van der Waals surface area (Å²) in [7, 11) is 0. The standard InChI is InChI=1S/C22H27NO6/c1-3-29-22(28)19(12-15-4-7-17(24)8-5-15)23-21(27)11-14(2)10-16-6-9-18(25)13-20(16)26/h4-9,13-14,19,24-26H,3,10-12H2,1-2H3,(H,23,27). The quantitative estimate of drug-likeness (QED) is 0.480. The lowest BCUT2D eigenvalue weighted by molar-refractivity contribution is -0.147. The van der Waals surface area contributed by atoms with Crippen LogP contribution in [0.1, 0.15) is 31.4 Å². The lowest BCUT2D eigenvalue weighted by Crippen LogP contribution is -2.43. The highest BCUT2D eigenvalue weighted by Crippen LogP contribution is 2.25. The van der Waals surface area contributed by atoms with Crippen molar-refractivity contribution >= 4 is 11.9 Å². The second-order valence-corrected chi connectivity index (χ2v) is 7.07. The number of nitrogens with one attached hydrogen (secondary N) is 1. The fourth-order valence-electron chi connectivity index (χ4n) is 3.05. The molecule has 2 aromatic carbocycles. The van der Waals surface area contributed by atoms with E-state index in [1.807, 2.05) is 6.92 Å². The Morgan fingerprint density at radius 1 is 1.00 bits per heavy atom. The molecule has 0 spiro atoms. The summed E-state index contributed by atoms with van der Waals surface area (Å²) in [6.45, 7) is 3.77. The topological polar surface area (TPSA) is 116 Å². The van der Waals surface area contributed by atoms with Crippen molar-refractivity contribution in [3.05, 3.63) is 53.6 Å². The van der Waals surface area contributed by atoms with Crippen LogP contribution in [0.5, 0.6) is 17.2 Å². The first-order valence-corrected chi connectivity index (χ1v) is 9.53. The highest BCUT2D eigenvalue weighted by atomic mass is 16.5. The van der Waals surface area contributed by atoms with Crippen molar-refractivity contribution in [3.8, 4) is 17.2 Å². The summed E-state index contributed by atoms with van der Waals surface area (Å²) in [6, 6.07) is 9.93. The maximum atomic E-state index is 12.5. The minimum atomic E-state index is -0.832. The lowest BCUT2D eigenvalue weighted by Gasteiger charge is -2.19. The average Bonchev–Trinajstić information content (AvgIpc) is 2.65. The molecule has 0 aliphatic heterocycles. The number of phenols is 3. The van der Waals surface area contributed by atoms with Gasteiger partial charge >= 0.3 is 5.97 Å². The first-order valence-electron chi connectivity index (χ1n) is 9.53. The highest BCUT2D eigenvalue weighted by molar-refractivity contribution is 5.84. The number of aromatic hydroxyl groups is 3. The van der Waals surface area contributed by atoms with Crippen LogP contribution < -0.4 is 5.32 Å². The molecule has 2 rings (SSSR count). The van der Waals surface area contributed by atoms with E-state index in [1.54, 1.807) is 25.1 Å². The number of hydrogen-bond acceptors (Lipinski definition) is 6. The molecule has 0 aromatic heterocycles. The fourth-order valence-corrected chi connectivity index (χ4v) is 3.05. The van der Waals surface area contributed by atoms with Crippen molar-refractivity contribution in [3.63, 3.8) is 0 Å². The van der Waals surface area contributed by atoms with Crippen LogP contribution in [0.15, 0.2) is 42.5 Å². The van der Waals surface area contributed by atoms with E-state index in [2.05, 4.69) is 5.32 Å². The van der Waals surface area contributed by atoms with Crippen LogP contribution in [-0.2, 0) is 27.2 Å². The molecule has 0 saturated carbocycles. The second-order valence-electron chi connectivity index (χ2n) is 7.07. The van der Waals surface area contributed by atoms with Crippen LogP contribution in [0.4, 0.5) is 0 Å². The van der Waals surface area contributed by atoms with Gasteiger partial charge in [-0.05, 0) is 48.6 Å². The van der Waals surface area contributed by atoms with E-state index in [0.717, 1.165) is 5.56 Å². The molecule has 0 heterocycles. The molecule has 0 bridgehead atoms. The van der Waals surface area contributed by atoms with Gasteiger partial charge in [-0.25, -0.2) is 4.79 Å². The number of phenolic OH excluding ortho intramolecular Hbond substituents is 3. The van der Waals surface area contributed by atoms with Crippen molar-refractivity contribution in [1.29, 1.82) is 0 Å². The molecular formula is C22H27NO6. The van der Waals surface area contributed by atoms with Crippen LogP contribution in [0, 0.1) is 5.92 Å². The Morgan fingerprint density at radius 3 is 2.28 bits per heavy atom. The minimum Gasteiger partial charge on any atom is -0.508 e. The Kier molecular flexibility index (Phi) is 7.88. The lowest BCUT2D eigenvalue weighted by atomic mass is 9.96. The summed E-state index contributed by atoms with van der Waals surface area (Å²) in [5, 5.41) is 31.4. The Labute approximate surface area is 170 Å². The SMILES string of the molecule is CCOC(=O)C(Cc1ccc(O)cc1)NC(=O)CC(C)Cc1ccc(O)cc1O. The van der Waals surface area contributed by atoms with Gasteiger partial charge in [-0.3, -0.25) is 4.79 Å². The fraction of sp³-hybridized carbons (Fsp3) is 0.364. The number of esters is 1. The summed E-state index contributed by atoms with van der Waals surface area (Å²) in [4.78, 5) is 24.7. The third kappa shape index (κ3) is 7.03. The minimum absolute atomic E-state index is 0.0195. The highest BCUT2D eigenvalue weighted by Gasteiger charge is 2.23. The summed E-state index contributed by atoms with van der Waals surface area (Å²) < 4.78 is 5.07. The smallest absolute Gasteiger partial charge is 0.328 e. The van der Waals surface area contributed by atoms with Crippen molar-refractivity contribution in [2.24, 2.45) is 5.92 Å². The molecule has 0 saturated heterocycles. The second kappa shape index (κ2) is 10.4. The van der Waals surface area contributed by atoms with Gasteiger partial charge in [-0.2, -0.15) is 0 Å². The van der Waals surface area contributed by atoms with Crippen LogP contribution in [-0.4, -0.2) is 39.8 Å². The molecule has 1 amide bonds. The van der Waals surface area contributed by atoms with E-state index in [9.17, 15) is 24.9 Å². The van der Waals surface area contributed by atoms with Crippen molar-refractivity contribution in [2.75, 3.05) is 6.61 Å². The molecule has 2 atom stereocenters. The molecule has 4 N–H and O–H groups in total. The summed E-state index contributed by atoms with van der Waals surface area (Å²) >= 11 is 0. The van der Waals surface area contributed by atoms with Gasteiger partial charge in [0.15, 0.2) is 0 Å². The van der Waals surface area contributed by atoms with Gasteiger partial charge in [0.25, 0.3) is 0 Å². The largest absolute Gasteiger partial charge is 0.508 e. The molecular weight excluding hydrogens is 374 g/mol. The molecule has 29 heavy (non-hydrogen) atoms. The number of amides is 1. The molecule has 2 aromatic rings. The number of hydrogen-bond donors (Lipinski definition) is 4. The van der Waals surface area contributed by atoms with Gasteiger partial charge in [0.1, 0.15) is 23.3 Å². The Balaban J connectivity index is 1.98. The van der Waals surface area contributed by atoms with E-state index in [1.165, 1.54) is 24.3 Å². The van der Waals surface area contributed by atoms with Gasteiger partial charge in [0, 0.05) is 18.9 Å². The van der Waals surface area contributed by atoms with Crippen molar-refractivity contribution < 1.29 is 29.6 Å². The van der Waals surface area contributed by atoms with Crippen molar-refractivity contribution in [1.82, 2.24) is 5.32 Å². The molecule has 7 nitrogen and oxygen atoms in total. The first kappa shape index (κ1) is 22.1. The van der Waals surface area contributed by atoms with E-state index in [4.69, 9.17) is 4.74 Å². The van der Waals surface area contributed by atoms with E-state index >= 15 is 0 Å². The third-order valence-corrected chi connectivity index (χ3v) is 4.45. The van der Waals surface area contributed by atoms with Gasteiger partial charge in [-0.1, -0.05) is 25.1 Å². The van der Waals surface area contributed by atoms with E-state index in [-0.39, 0.29) is 48.5 Å². The molecule has 156 valence electrons. The summed E-state index contributed by atoms with van der Waals surface area (Å²) in [5.74, 6) is -0.832. The zero-order valence-electron chi connectivity index (χ0n) is 16.6. The predicted molar refractivity (Wildman–Crippen MR) is 108 cm³/mol. The number of carbonyl (C=O) groups is 2. The monoisotopic (exact) mass is 401 g/mol. The van der Waals surface area contributed by atoms with Crippen LogP contribution >= 0.6 is 0 Å². The van der Waals surface area contributed by atoms with E-state index in [0.29, 0.717) is 12.0 Å². The third-order valence-electron chi connectivity index (χ3n) is 4.45. The molecule has 7 heteroatoms. The Bertz CT molecular complexity index is 834. The molecule has 2 unspecified atom stereocenters. The Hall–Kier alpha value is -3.22. The first-order chi connectivity index (χ1) is 13.8. The molecule has 0 radical (unpaired) electrons. The van der Waals surface area contributed by atoms with Gasteiger partial charge < -0.3 is 25.4 Å². The zero-order chi connectivity index (χ0) is 21.4. The van der Waals surface area contributed by atoms with E-state index < -0.39 is 12.0 Å². The molecule has 0 fully saturated rings. The van der Waals surface area contributed by atoms with Crippen LogP contribution in [0.3, 0.4) is 0 Å². The number of rotatable bonds is 9. The normalized spacial score (nSPS) is 12.8. The van der Waals surface area contributed by atoms with Gasteiger partial charge in [0.2, 0.25) is 5.91 Å². The maximum absolute atomic E-state index is 12.5. The summed E-state index contributed by atoms with van der Waals surface area (Å²) in [5.41, 5.74) is 1.41. The van der Waals surface area contributed by atoms with Crippen LogP contribution in [0.2, 0.25) is 0 Å². The maximum Gasteiger partial charge on any atom is 0.328 e. The summed E-state index contributed by atoms with van der Waals surface area (Å²) in [6.07, 6.45) is 0.853. The number of benzene rings is 2. The average molecular weight is 401 g/mol. The number of carbonyl (C=O) groups excluding carboxylic acids is 2. The zero-order valence-corrected chi connectivity index (χ0v) is 16.6. The van der Waals surface area contributed by atoms with Gasteiger partial charge in [0.05, 0.1) is 6.61 Å². The number of ether oxygens (including phenoxy) is 1. The van der Waals surface area contributed by atoms with Crippen molar-refractivity contribution in [2.45, 2.75) is 39.2 Å². The molecule has 0 aliphatic rings. The predicted octanol–water partition coefficient (Wildman–Crippen LogP) is 2.66. The molecule has 0 aliphatic carbocycles.